The summed E-state index contributed by atoms with van der Waals surface area (Å²) >= 11 is 0. The molecule has 0 bridgehead atoms. The number of hydrogen-bond donors (Lipinski definition) is 7. The van der Waals surface area contributed by atoms with Gasteiger partial charge in [0.2, 0.25) is 23.6 Å². The van der Waals surface area contributed by atoms with Gasteiger partial charge in [-0.15, -0.1) is 0 Å². The molecule has 0 heterocycles. The summed E-state index contributed by atoms with van der Waals surface area (Å²) in [5, 5.41) is 24.4. The minimum atomic E-state index is -1.39. The Morgan fingerprint density at radius 2 is 1.64 bits per heavy atom. The maximum atomic E-state index is 12.0. The Morgan fingerprint density at radius 3 is 2.12 bits per heavy atom. The lowest BCUT2D eigenvalue weighted by Crippen LogP contribution is -2.56. The van der Waals surface area contributed by atoms with Gasteiger partial charge in [-0.2, -0.15) is 0 Å². The van der Waals surface area contributed by atoms with Crippen LogP contribution in [0.5, 0.6) is 0 Å². The Kier molecular flexibility index (Phi) is 9.74. The summed E-state index contributed by atoms with van der Waals surface area (Å²) in [6.07, 6.45) is -1.45. The standard InChI is InChI=1S/C13H23N5O7/c1-6(19)11(18-12(24)7(14)2-3-8(15)20)13(25)17-4-9(21)16-5-10(22)23/h6-7,11,19H,2-5,14H2,1H3,(H2,15,20)(H,16,21)(H,17,25)(H,18,24)(H,22,23). The van der Waals surface area contributed by atoms with Gasteiger partial charge in [-0.25, -0.2) is 0 Å². The number of primary amides is 1. The summed E-state index contributed by atoms with van der Waals surface area (Å²) in [5.74, 6) is -4.29. The number of aliphatic carboxylic acids is 1. The van der Waals surface area contributed by atoms with Gasteiger partial charge in [-0.05, 0) is 13.3 Å². The van der Waals surface area contributed by atoms with Crippen LogP contribution in [0.15, 0.2) is 0 Å². The lowest BCUT2D eigenvalue weighted by atomic mass is 10.1. The highest BCUT2D eigenvalue weighted by molar-refractivity contribution is 5.92. The van der Waals surface area contributed by atoms with Crippen molar-refractivity contribution in [1.82, 2.24) is 16.0 Å². The van der Waals surface area contributed by atoms with Crippen LogP contribution >= 0.6 is 0 Å². The summed E-state index contributed by atoms with van der Waals surface area (Å²) in [4.78, 5) is 56.1. The molecular weight excluding hydrogens is 338 g/mol. The first-order chi connectivity index (χ1) is 11.5. The first-order valence-corrected chi connectivity index (χ1v) is 7.33. The Bertz CT molecular complexity index is 523. The predicted molar refractivity (Wildman–Crippen MR) is 83.7 cm³/mol. The summed E-state index contributed by atoms with van der Waals surface area (Å²) in [6, 6.07) is -2.50. The number of rotatable bonds is 11. The second kappa shape index (κ2) is 10.9. The molecule has 0 fully saturated rings. The fraction of sp³-hybridized carbons (Fsp3) is 0.615. The van der Waals surface area contributed by atoms with E-state index in [0.29, 0.717) is 0 Å². The number of nitrogens with two attached hydrogens (primary N) is 2. The van der Waals surface area contributed by atoms with Crippen molar-refractivity contribution in [2.24, 2.45) is 11.5 Å². The molecule has 4 amide bonds. The van der Waals surface area contributed by atoms with Crippen LogP contribution in [0.3, 0.4) is 0 Å². The highest BCUT2D eigenvalue weighted by Gasteiger charge is 2.28. The number of aliphatic hydroxyl groups excluding tert-OH is 1. The lowest BCUT2D eigenvalue weighted by Gasteiger charge is -2.22. The molecule has 0 radical (unpaired) electrons. The molecule has 142 valence electrons. The largest absolute Gasteiger partial charge is 0.480 e. The molecule has 3 atom stereocenters. The monoisotopic (exact) mass is 361 g/mol. The van der Waals surface area contributed by atoms with E-state index in [-0.39, 0.29) is 12.8 Å². The molecule has 0 saturated carbocycles. The van der Waals surface area contributed by atoms with Gasteiger partial charge in [-0.1, -0.05) is 0 Å². The second-order valence-corrected chi connectivity index (χ2v) is 5.23. The molecule has 12 nitrogen and oxygen atoms in total. The quantitative estimate of drug-likeness (QED) is 0.191. The Balaban J connectivity index is 4.54. The van der Waals surface area contributed by atoms with Crippen LogP contribution in [0.1, 0.15) is 19.8 Å². The molecule has 0 aliphatic rings. The van der Waals surface area contributed by atoms with Crippen LogP contribution in [0, 0.1) is 0 Å². The maximum Gasteiger partial charge on any atom is 0.322 e. The molecule has 12 heteroatoms. The Morgan fingerprint density at radius 1 is 1.04 bits per heavy atom. The number of carbonyl (C=O) groups is 5. The summed E-state index contributed by atoms with van der Waals surface area (Å²) < 4.78 is 0. The van der Waals surface area contributed by atoms with Crippen LogP contribution in [0.2, 0.25) is 0 Å². The number of carbonyl (C=O) groups excluding carboxylic acids is 4. The topological polar surface area (TPSA) is 214 Å². The predicted octanol–water partition coefficient (Wildman–Crippen LogP) is -4.24. The van der Waals surface area contributed by atoms with Crippen molar-refractivity contribution in [2.75, 3.05) is 13.1 Å². The third kappa shape index (κ3) is 9.88. The molecule has 0 saturated heterocycles. The molecule has 0 aliphatic carbocycles. The van der Waals surface area contributed by atoms with Crippen molar-refractivity contribution in [3.63, 3.8) is 0 Å². The first-order valence-electron chi connectivity index (χ1n) is 7.33. The van der Waals surface area contributed by atoms with Gasteiger partial charge in [0.25, 0.3) is 0 Å². The fourth-order valence-electron chi connectivity index (χ4n) is 1.61. The summed E-state index contributed by atoms with van der Waals surface area (Å²) in [6.45, 7) is 0.0862. The molecule has 0 rings (SSSR count). The number of hydrogen-bond acceptors (Lipinski definition) is 7. The Hall–Kier alpha value is -2.73. The van der Waals surface area contributed by atoms with E-state index in [0.717, 1.165) is 0 Å². The molecule has 0 aromatic heterocycles. The van der Waals surface area contributed by atoms with E-state index in [9.17, 15) is 29.1 Å². The fourth-order valence-corrected chi connectivity index (χ4v) is 1.61. The van der Waals surface area contributed by atoms with Gasteiger partial charge in [-0.3, -0.25) is 24.0 Å². The van der Waals surface area contributed by atoms with Gasteiger partial charge in [0.1, 0.15) is 12.6 Å². The second-order valence-electron chi connectivity index (χ2n) is 5.23. The molecule has 3 unspecified atom stereocenters. The maximum absolute atomic E-state index is 12.0. The minimum absolute atomic E-state index is 0.0348. The number of carboxylic acids is 1. The molecule has 25 heavy (non-hydrogen) atoms. The smallest absolute Gasteiger partial charge is 0.322 e. The normalized spacial score (nSPS) is 13.9. The minimum Gasteiger partial charge on any atom is -0.480 e. The van der Waals surface area contributed by atoms with Gasteiger partial charge >= 0.3 is 5.97 Å². The van der Waals surface area contributed by atoms with Crippen molar-refractivity contribution < 1.29 is 34.2 Å². The van der Waals surface area contributed by atoms with E-state index in [1.54, 1.807) is 0 Å². The number of amides is 4. The number of aliphatic hydroxyl groups is 1. The number of nitrogens with one attached hydrogen (secondary N) is 3. The first kappa shape index (κ1) is 22.3. The van der Waals surface area contributed by atoms with Crippen LogP contribution in [-0.4, -0.2) is 71.1 Å². The van der Waals surface area contributed by atoms with E-state index >= 15 is 0 Å². The molecule has 0 aromatic rings. The van der Waals surface area contributed by atoms with Crippen LogP contribution < -0.4 is 27.4 Å². The van der Waals surface area contributed by atoms with Gasteiger partial charge in [0, 0.05) is 6.42 Å². The summed E-state index contributed by atoms with van der Waals surface area (Å²) in [5.41, 5.74) is 10.5. The molecule has 0 aliphatic heterocycles. The molecular formula is C13H23N5O7. The summed E-state index contributed by atoms with van der Waals surface area (Å²) in [7, 11) is 0. The highest BCUT2D eigenvalue weighted by Crippen LogP contribution is 1.98. The van der Waals surface area contributed by atoms with Gasteiger partial charge in [0.15, 0.2) is 0 Å². The van der Waals surface area contributed by atoms with Gasteiger partial charge < -0.3 is 37.6 Å². The van der Waals surface area contributed by atoms with E-state index in [1.165, 1.54) is 6.92 Å². The van der Waals surface area contributed by atoms with E-state index in [1.807, 2.05) is 5.32 Å². The van der Waals surface area contributed by atoms with E-state index < -0.39 is 60.9 Å². The zero-order chi connectivity index (χ0) is 19.6. The van der Waals surface area contributed by atoms with E-state index in [4.69, 9.17) is 16.6 Å². The zero-order valence-corrected chi connectivity index (χ0v) is 13.7. The Labute approximate surface area is 143 Å². The third-order valence-electron chi connectivity index (χ3n) is 2.96. The third-order valence-corrected chi connectivity index (χ3v) is 2.96. The molecule has 0 spiro atoms. The van der Waals surface area contributed by atoms with Crippen molar-refractivity contribution in [3.8, 4) is 0 Å². The van der Waals surface area contributed by atoms with Crippen molar-refractivity contribution in [2.45, 2.75) is 38.0 Å². The van der Waals surface area contributed by atoms with Crippen molar-refractivity contribution in [3.05, 3.63) is 0 Å². The SMILES string of the molecule is CC(O)C(NC(=O)C(N)CCC(N)=O)C(=O)NCC(=O)NCC(=O)O. The average molecular weight is 361 g/mol. The van der Waals surface area contributed by atoms with Crippen LogP contribution in [0.4, 0.5) is 0 Å². The van der Waals surface area contributed by atoms with Crippen molar-refractivity contribution >= 4 is 29.6 Å². The lowest BCUT2D eigenvalue weighted by molar-refractivity contribution is -0.138. The van der Waals surface area contributed by atoms with E-state index in [2.05, 4.69) is 10.6 Å². The zero-order valence-electron chi connectivity index (χ0n) is 13.7. The van der Waals surface area contributed by atoms with Crippen LogP contribution in [-0.2, 0) is 24.0 Å². The van der Waals surface area contributed by atoms with Gasteiger partial charge in [0.05, 0.1) is 18.7 Å². The highest BCUT2D eigenvalue weighted by atomic mass is 16.4. The average Bonchev–Trinajstić information content (AvgIpc) is 2.52. The molecule has 0 aromatic carbocycles. The molecule has 9 N–H and O–H groups in total. The number of carboxylic acid groups (broad SMARTS) is 1. The van der Waals surface area contributed by atoms with Crippen LogP contribution in [0.25, 0.3) is 0 Å². The van der Waals surface area contributed by atoms with Crippen molar-refractivity contribution in [1.29, 1.82) is 0 Å².